The Kier molecular flexibility index (Phi) is 3.67. The van der Waals surface area contributed by atoms with Crippen molar-refractivity contribution in [2.45, 2.75) is 0 Å². The van der Waals surface area contributed by atoms with Crippen molar-refractivity contribution in [3.05, 3.63) is 32.2 Å². The van der Waals surface area contributed by atoms with E-state index in [-0.39, 0.29) is 11.1 Å². The van der Waals surface area contributed by atoms with E-state index >= 15 is 0 Å². The number of methoxy groups -OCH3 is 1. The minimum absolute atomic E-state index is 0.255. The molecule has 3 nitrogen and oxygen atoms in total. The Bertz CT molecular complexity index is 424. The van der Waals surface area contributed by atoms with Crippen LogP contribution in [-0.2, 0) is 4.74 Å². The maximum Gasteiger partial charge on any atom is 0.339 e. The van der Waals surface area contributed by atoms with Gasteiger partial charge in [0.05, 0.1) is 22.7 Å². The SMILES string of the molecule is COC(=O)c1ccc(Br)c(Br)c1C#N. The second kappa shape index (κ2) is 4.58. The van der Waals surface area contributed by atoms with Crippen molar-refractivity contribution >= 4 is 37.8 Å². The molecule has 1 aromatic carbocycles. The van der Waals surface area contributed by atoms with Gasteiger partial charge >= 0.3 is 5.97 Å². The van der Waals surface area contributed by atoms with E-state index in [9.17, 15) is 4.79 Å². The summed E-state index contributed by atoms with van der Waals surface area (Å²) in [5.74, 6) is -0.519. The first-order chi connectivity index (χ1) is 6.61. The highest BCUT2D eigenvalue weighted by molar-refractivity contribution is 9.13. The van der Waals surface area contributed by atoms with Crippen LogP contribution in [0.3, 0.4) is 0 Å². The van der Waals surface area contributed by atoms with E-state index in [1.165, 1.54) is 7.11 Å². The Hall–Kier alpha value is -0.860. The van der Waals surface area contributed by atoms with Crippen molar-refractivity contribution in [1.29, 1.82) is 5.26 Å². The lowest BCUT2D eigenvalue weighted by atomic mass is 10.1. The topological polar surface area (TPSA) is 50.1 Å². The fourth-order valence-corrected chi connectivity index (χ4v) is 1.70. The molecule has 1 aromatic rings. The smallest absolute Gasteiger partial charge is 0.339 e. The van der Waals surface area contributed by atoms with Crippen LogP contribution in [0.15, 0.2) is 21.1 Å². The van der Waals surface area contributed by atoms with Gasteiger partial charge in [-0.25, -0.2) is 4.79 Å². The molecule has 0 N–H and O–H groups in total. The zero-order valence-corrected chi connectivity index (χ0v) is 10.3. The van der Waals surface area contributed by atoms with Gasteiger partial charge < -0.3 is 4.74 Å². The van der Waals surface area contributed by atoms with Crippen molar-refractivity contribution in [2.75, 3.05) is 7.11 Å². The number of halogens is 2. The Morgan fingerprint density at radius 1 is 1.50 bits per heavy atom. The summed E-state index contributed by atoms with van der Waals surface area (Å²) in [5.41, 5.74) is 0.524. The summed E-state index contributed by atoms with van der Waals surface area (Å²) in [4.78, 5) is 11.2. The zero-order chi connectivity index (χ0) is 10.7. The molecule has 0 aliphatic heterocycles. The highest BCUT2D eigenvalue weighted by Crippen LogP contribution is 2.29. The van der Waals surface area contributed by atoms with E-state index in [4.69, 9.17) is 5.26 Å². The molecule has 0 bridgehead atoms. The first-order valence-electron chi connectivity index (χ1n) is 3.58. The van der Waals surface area contributed by atoms with E-state index in [0.717, 1.165) is 4.47 Å². The summed E-state index contributed by atoms with van der Waals surface area (Å²) in [6.07, 6.45) is 0. The molecular formula is C9H5Br2NO2. The number of carbonyl (C=O) groups is 1. The largest absolute Gasteiger partial charge is 0.465 e. The summed E-state index contributed by atoms with van der Waals surface area (Å²) in [6, 6.07) is 5.16. The number of benzene rings is 1. The van der Waals surface area contributed by atoms with Gasteiger partial charge in [0.1, 0.15) is 6.07 Å². The van der Waals surface area contributed by atoms with Crippen molar-refractivity contribution in [2.24, 2.45) is 0 Å². The maximum absolute atomic E-state index is 11.2. The number of esters is 1. The molecule has 0 aromatic heterocycles. The molecule has 0 radical (unpaired) electrons. The Morgan fingerprint density at radius 2 is 2.14 bits per heavy atom. The number of hydrogen-bond acceptors (Lipinski definition) is 3. The summed E-state index contributed by atoms with van der Waals surface area (Å²) < 4.78 is 5.83. The molecule has 5 heteroatoms. The molecule has 0 heterocycles. The summed E-state index contributed by atoms with van der Waals surface area (Å²) in [5, 5.41) is 8.86. The monoisotopic (exact) mass is 317 g/mol. The zero-order valence-electron chi connectivity index (χ0n) is 7.17. The number of ether oxygens (including phenoxy) is 1. The third-order valence-corrected chi connectivity index (χ3v) is 3.63. The predicted octanol–water partition coefficient (Wildman–Crippen LogP) is 2.87. The van der Waals surface area contributed by atoms with Gasteiger partial charge in [-0.15, -0.1) is 0 Å². The second-order valence-corrected chi connectivity index (χ2v) is 4.03. The number of nitriles is 1. The van der Waals surface area contributed by atoms with E-state index < -0.39 is 5.97 Å². The van der Waals surface area contributed by atoms with Crippen LogP contribution in [0.2, 0.25) is 0 Å². The van der Waals surface area contributed by atoms with Crippen molar-refractivity contribution in [3.63, 3.8) is 0 Å². The second-order valence-electron chi connectivity index (χ2n) is 2.39. The minimum atomic E-state index is -0.519. The highest BCUT2D eigenvalue weighted by Gasteiger charge is 2.15. The number of carbonyl (C=O) groups excluding carboxylic acids is 1. The van der Waals surface area contributed by atoms with E-state index in [2.05, 4.69) is 36.6 Å². The van der Waals surface area contributed by atoms with Gasteiger partial charge in [-0.3, -0.25) is 0 Å². The minimum Gasteiger partial charge on any atom is -0.465 e. The van der Waals surface area contributed by atoms with Crippen LogP contribution in [-0.4, -0.2) is 13.1 Å². The number of nitrogens with zero attached hydrogens (tertiary/aromatic N) is 1. The van der Waals surface area contributed by atoms with Crippen LogP contribution >= 0.6 is 31.9 Å². The Balaban J connectivity index is 3.40. The fourth-order valence-electron chi connectivity index (χ4n) is 0.940. The lowest BCUT2D eigenvalue weighted by Gasteiger charge is -2.04. The van der Waals surface area contributed by atoms with Crippen LogP contribution in [0.4, 0.5) is 0 Å². The molecule has 0 saturated carbocycles. The summed E-state index contributed by atoms with van der Waals surface area (Å²) in [6.45, 7) is 0. The normalized spacial score (nSPS) is 9.29. The summed E-state index contributed by atoms with van der Waals surface area (Å²) in [7, 11) is 1.28. The lowest BCUT2D eigenvalue weighted by Crippen LogP contribution is -2.04. The van der Waals surface area contributed by atoms with E-state index in [0.29, 0.717) is 4.47 Å². The average molecular weight is 319 g/mol. The lowest BCUT2D eigenvalue weighted by molar-refractivity contribution is 0.0600. The van der Waals surface area contributed by atoms with Crippen LogP contribution < -0.4 is 0 Å². The number of rotatable bonds is 1. The Labute approximate surface area is 97.9 Å². The van der Waals surface area contributed by atoms with E-state index in [1.54, 1.807) is 12.1 Å². The molecule has 0 saturated heterocycles. The third kappa shape index (κ3) is 1.97. The average Bonchev–Trinajstić information content (AvgIpc) is 2.20. The quantitative estimate of drug-likeness (QED) is 0.748. The van der Waals surface area contributed by atoms with Crippen LogP contribution in [0.1, 0.15) is 15.9 Å². The molecule has 72 valence electrons. The van der Waals surface area contributed by atoms with Crippen molar-refractivity contribution in [1.82, 2.24) is 0 Å². The molecule has 0 atom stereocenters. The molecule has 0 aliphatic rings. The first-order valence-corrected chi connectivity index (χ1v) is 5.16. The van der Waals surface area contributed by atoms with Crippen LogP contribution in [0.5, 0.6) is 0 Å². The standard InChI is InChI=1S/C9H5Br2NO2/c1-14-9(13)5-2-3-7(10)8(11)6(5)4-12/h2-3H,1H3. The predicted molar refractivity (Wildman–Crippen MR) is 57.9 cm³/mol. The van der Waals surface area contributed by atoms with Crippen molar-refractivity contribution < 1.29 is 9.53 Å². The van der Waals surface area contributed by atoms with Crippen LogP contribution in [0.25, 0.3) is 0 Å². The van der Waals surface area contributed by atoms with Gasteiger partial charge in [-0.2, -0.15) is 5.26 Å². The molecule has 0 amide bonds. The first kappa shape index (κ1) is 11.2. The molecular weight excluding hydrogens is 314 g/mol. The van der Waals surface area contributed by atoms with Crippen molar-refractivity contribution in [3.8, 4) is 6.07 Å². The highest BCUT2D eigenvalue weighted by atomic mass is 79.9. The molecule has 14 heavy (non-hydrogen) atoms. The summed E-state index contributed by atoms with van der Waals surface area (Å²) >= 11 is 6.45. The van der Waals surface area contributed by atoms with Gasteiger partial charge in [0.15, 0.2) is 0 Å². The Morgan fingerprint density at radius 3 is 2.64 bits per heavy atom. The van der Waals surface area contributed by atoms with Gasteiger partial charge in [-0.05, 0) is 44.0 Å². The number of hydrogen-bond donors (Lipinski definition) is 0. The van der Waals surface area contributed by atoms with Gasteiger partial charge in [0, 0.05) is 4.47 Å². The van der Waals surface area contributed by atoms with Gasteiger partial charge in [0.2, 0.25) is 0 Å². The molecule has 0 aliphatic carbocycles. The molecule has 0 fully saturated rings. The molecule has 0 unspecified atom stereocenters. The van der Waals surface area contributed by atoms with Crippen LogP contribution in [0, 0.1) is 11.3 Å². The van der Waals surface area contributed by atoms with E-state index in [1.807, 2.05) is 6.07 Å². The fraction of sp³-hybridized carbons (Fsp3) is 0.111. The maximum atomic E-state index is 11.2. The third-order valence-electron chi connectivity index (χ3n) is 1.61. The van der Waals surface area contributed by atoms with Gasteiger partial charge in [-0.1, -0.05) is 0 Å². The van der Waals surface area contributed by atoms with Gasteiger partial charge in [0.25, 0.3) is 0 Å². The molecule has 0 spiro atoms. The molecule has 1 rings (SSSR count).